The maximum atomic E-state index is 13.6. The SMILES string of the molecule is CCC(CC)N(Cc1ccc(C2CC2)cn1)C(=O)c1cc2nc(N)c3c(c2[nH]1)COC3. The summed E-state index contributed by atoms with van der Waals surface area (Å²) in [6, 6.07) is 6.17. The van der Waals surface area contributed by atoms with Gasteiger partial charge in [-0.1, -0.05) is 19.9 Å². The summed E-state index contributed by atoms with van der Waals surface area (Å²) < 4.78 is 5.56. The molecule has 0 aromatic carbocycles. The van der Waals surface area contributed by atoms with Gasteiger partial charge in [0.25, 0.3) is 5.91 Å². The third kappa shape index (κ3) is 3.67. The lowest BCUT2D eigenvalue weighted by Crippen LogP contribution is -2.39. The van der Waals surface area contributed by atoms with E-state index in [2.05, 4.69) is 40.9 Å². The van der Waals surface area contributed by atoms with Gasteiger partial charge in [-0.15, -0.1) is 0 Å². The normalized spacial score (nSPS) is 15.6. The summed E-state index contributed by atoms with van der Waals surface area (Å²) in [7, 11) is 0. The van der Waals surface area contributed by atoms with Crippen LogP contribution in [0.2, 0.25) is 0 Å². The zero-order valence-electron chi connectivity index (χ0n) is 18.1. The van der Waals surface area contributed by atoms with Crippen molar-refractivity contribution >= 4 is 22.8 Å². The molecule has 4 heterocycles. The van der Waals surface area contributed by atoms with Crippen LogP contribution in [-0.2, 0) is 24.5 Å². The average molecular weight is 420 g/mol. The van der Waals surface area contributed by atoms with E-state index in [1.807, 2.05) is 17.2 Å². The largest absolute Gasteiger partial charge is 0.383 e. The maximum absolute atomic E-state index is 13.6. The van der Waals surface area contributed by atoms with Crippen molar-refractivity contribution in [2.24, 2.45) is 0 Å². The number of amides is 1. The van der Waals surface area contributed by atoms with Gasteiger partial charge in [0.1, 0.15) is 11.5 Å². The van der Waals surface area contributed by atoms with E-state index in [1.54, 1.807) is 0 Å². The van der Waals surface area contributed by atoms with Crippen molar-refractivity contribution in [1.29, 1.82) is 0 Å². The van der Waals surface area contributed by atoms with E-state index in [0.717, 1.165) is 35.2 Å². The van der Waals surface area contributed by atoms with E-state index < -0.39 is 0 Å². The van der Waals surface area contributed by atoms with Gasteiger partial charge in [-0.25, -0.2) is 4.98 Å². The van der Waals surface area contributed by atoms with Crippen molar-refractivity contribution in [3.8, 4) is 0 Å². The Labute approximate surface area is 182 Å². The van der Waals surface area contributed by atoms with Gasteiger partial charge < -0.3 is 20.4 Å². The van der Waals surface area contributed by atoms with E-state index in [9.17, 15) is 4.79 Å². The van der Waals surface area contributed by atoms with Crippen LogP contribution in [0.3, 0.4) is 0 Å². The summed E-state index contributed by atoms with van der Waals surface area (Å²) in [5.74, 6) is 1.12. The molecule has 3 aromatic heterocycles. The second kappa shape index (κ2) is 7.96. The summed E-state index contributed by atoms with van der Waals surface area (Å²) in [6.07, 6.45) is 6.26. The Morgan fingerprint density at radius 3 is 2.71 bits per heavy atom. The smallest absolute Gasteiger partial charge is 0.270 e. The van der Waals surface area contributed by atoms with Crippen LogP contribution in [0.25, 0.3) is 11.0 Å². The van der Waals surface area contributed by atoms with Gasteiger partial charge >= 0.3 is 0 Å². The lowest BCUT2D eigenvalue weighted by atomic mass is 10.1. The molecule has 1 aliphatic carbocycles. The van der Waals surface area contributed by atoms with Crippen molar-refractivity contribution < 1.29 is 9.53 Å². The van der Waals surface area contributed by atoms with E-state index >= 15 is 0 Å². The molecule has 0 spiro atoms. The number of rotatable bonds is 7. The number of nitrogens with zero attached hydrogens (tertiary/aromatic N) is 3. The first-order valence-electron chi connectivity index (χ1n) is 11.2. The molecule has 0 atom stereocenters. The van der Waals surface area contributed by atoms with Gasteiger partial charge in [-0.2, -0.15) is 0 Å². The molecule has 1 aliphatic heterocycles. The van der Waals surface area contributed by atoms with Gasteiger partial charge in [-0.05, 0) is 49.3 Å². The monoisotopic (exact) mass is 419 g/mol. The highest BCUT2D eigenvalue weighted by atomic mass is 16.5. The molecule has 31 heavy (non-hydrogen) atoms. The molecule has 1 amide bonds. The molecule has 0 bridgehead atoms. The number of hydrogen-bond acceptors (Lipinski definition) is 5. The number of carbonyl (C=O) groups excluding carboxylic acids is 1. The molecule has 162 valence electrons. The highest BCUT2D eigenvalue weighted by molar-refractivity contribution is 5.98. The van der Waals surface area contributed by atoms with Crippen LogP contribution >= 0.6 is 0 Å². The number of aromatic nitrogens is 3. The van der Waals surface area contributed by atoms with Crippen LogP contribution in [0.5, 0.6) is 0 Å². The highest BCUT2D eigenvalue weighted by Gasteiger charge is 2.28. The van der Waals surface area contributed by atoms with Crippen LogP contribution in [-0.4, -0.2) is 31.8 Å². The number of pyridine rings is 2. The minimum absolute atomic E-state index is 0.0361. The van der Waals surface area contributed by atoms with Crippen molar-refractivity contribution in [3.05, 3.63) is 52.5 Å². The van der Waals surface area contributed by atoms with Crippen molar-refractivity contribution in [2.45, 2.75) is 71.2 Å². The molecule has 3 aromatic rings. The number of carbonyl (C=O) groups is 1. The second-order valence-electron chi connectivity index (χ2n) is 8.65. The maximum Gasteiger partial charge on any atom is 0.270 e. The van der Waals surface area contributed by atoms with Gasteiger partial charge in [-0.3, -0.25) is 9.78 Å². The Hall–Kier alpha value is -2.93. The number of nitrogen functional groups attached to an aromatic ring is 1. The highest BCUT2D eigenvalue weighted by Crippen LogP contribution is 2.39. The Balaban J connectivity index is 1.46. The van der Waals surface area contributed by atoms with Crippen molar-refractivity contribution in [1.82, 2.24) is 19.9 Å². The number of anilines is 1. The van der Waals surface area contributed by atoms with Crippen LogP contribution in [0.1, 0.15) is 78.3 Å². The fourth-order valence-electron chi connectivity index (χ4n) is 4.57. The molecule has 7 heteroatoms. The van der Waals surface area contributed by atoms with Crippen molar-refractivity contribution in [2.75, 3.05) is 5.73 Å². The first-order valence-corrected chi connectivity index (χ1v) is 11.2. The van der Waals surface area contributed by atoms with Crippen LogP contribution < -0.4 is 5.73 Å². The predicted molar refractivity (Wildman–Crippen MR) is 119 cm³/mol. The fourth-order valence-corrected chi connectivity index (χ4v) is 4.57. The molecule has 5 rings (SSSR count). The quantitative estimate of drug-likeness (QED) is 0.596. The van der Waals surface area contributed by atoms with Gasteiger partial charge in [0.2, 0.25) is 0 Å². The minimum Gasteiger partial charge on any atom is -0.383 e. The Morgan fingerprint density at radius 1 is 1.26 bits per heavy atom. The zero-order valence-corrected chi connectivity index (χ0v) is 18.1. The number of hydrogen-bond donors (Lipinski definition) is 2. The number of aromatic amines is 1. The van der Waals surface area contributed by atoms with Crippen molar-refractivity contribution in [3.63, 3.8) is 0 Å². The lowest BCUT2D eigenvalue weighted by molar-refractivity contribution is 0.0641. The molecule has 3 N–H and O–H groups in total. The zero-order chi connectivity index (χ0) is 21.5. The molecule has 0 saturated heterocycles. The third-order valence-corrected chi connectivity index (χ3v) is 6.61. The Bertz CT molecular complexity index is 1110. The number of nitrogens with one attached hydrogen (secondary N) is 1. The van der Waals surface area contributed by atoms with E-state index in [4.69, 9.17) is 10.5 Å². The van der Waals surface area contributed by atoms with Gasteiger partial charge in [0.05, 0.1) is 36.5 Å². The first-order chi connectivity index (χ1) is 15.1. The Morgan fingerprint density at radius 2 is 2.03 bits per heavy atom. The fraction of sp³-hybridized carbons (Fsp3) is 0.458. The molecular weight excluding hydrogens is 390 g/mol. The van der Waals surface area contributed by atoms with Crippen LogP contribution in [0, 0.1) is 0 Å². The van der Waals surface area contributed by atoms with Crippen LogP contribution in [0.4, 0.5) is 5.82 Å². The minimum atomic E-state index is -0.0361. The molecule has 7 nitrogen and oxygen atoms in total. The molecule has 2 aliphatic rings. The molecule has 1 saturated carbocycles. The summed E-state index contributed by atoms with van der Waals surface area (Å²) in [4.78, 5) is 28.0. The molecular formula is C24H29N5O2. The number of ether oxygens (including phenoxy) is 1. The molecule has 0 radical (unpaired) electrons. The van der Waals surface area contributed by atoms with Crippen LogP contribution in [0.15, 0.2) is 24.4 Å². The second-order valence-corrected chi connectivity index (χ2v) is 8.65. The number of nitrogens with two attached hydrogens (primary N) is 1. The molecule has 0 unspecified atom stereocenters. The van der Waals surface area contributed by atoms with E-state index in [1.165, 1.54) is 18.4 Å². The average Bonchev–Trinajstić information content (AvgIpc) is 3.34. The molecule has 1 fully saturated rings. The standard InChI is InChI=1S/C24H29N5O2/c1-3-17(4-2)29(11-16-8-7-15(10-26-16)14-5-6-14)24(30)21-9-20-22(27-21)18-12-31-13-19(18)23(25)28-20/h7-10,14,17,27H,3-6,11-13H2,1-2H3,(H2,25,28). The van der Waals surface area contributed by atoms with Gasteiger partial charge in [0.15, 0.2) is 0 Å². The summed E-state index contributed by atoms with van der Waals surface area (Å²) in [6.45, 7) is 5.68. The summed E-state index contributed by atoms with van der Waals surface area (Å²) in [5, 5.41) is 0. The summed E-state index contributed by atoms with van der Waals surface area (Å²) in [5.41, 5.74) is 12.3. The first kappa shape index (κ1) is 20.0. The third-order valence-electron chi connectivity index (χ3n) is 6.61. The van der Waals surface area contributed by atoms with E-state index in [-0.39, 0.29) is 11.9 Å². The topological polar surface area (TPSA) is 97.1 Å². The Kier molecular flexibility index (Phi) is 5.14. The predicted octanol–water partition coefficient (Wildman–Crippen LogP) is 4.28. The number of fused-ring (bicyclic) bond motifs is 3. The number of H-pyrrole nitrogens is 1. The van der Waals surface area contributed by atoms with Gasteiger partial charge in [0, 0.05) is 23.4 Å². The lowest BCUT2D eigenvalue weighted by Gasteiger charge is -2.30. The summed E-state index contributed by atoms with van der Waals surface area (Å²) >= 11 is 0. The van der Waals surface area contributed by atoms with E-state index in [0.29, 0.717) is 42.7 Å².